The number of nitrogens with two attached hydrogens (primary N) is 1. The first kappa shape index (κ1) is 13.9. The van der Waals surface area contributed by atoms with Gasteiger partial charge in [0.2, 0.25) is 0 Å². The lowest BCUT2D eigenvalue weighted by atomic mass is 9.98. The third-order valence-electron chi connectivity index (χ3n) is 3.98. The van der Waals surface area contributed by atoms with Crippen LogP contribution in [0.5, 0.6) is 0 Å². The molecule has 0 radical (unpaired) electrons. The zero-order valence-corrected chi connectivity index (χ0v) is 11.5. The van der Waals surface area contributed by atoms with Gasteiger partial charge in [0.05, 0.1) is 0 Å². The van der Waals surface area contributed by atoms with Crippen LogP contribution in [0.3, 0.4) is 0 Å². The first-order valence-corrected chi connectivity index (χ1v) is 6.66. The highest BCUT2D eigenvalue weighted by Crippen LogP contribution is 2.25. The van der Waals surface area contributed by atoms with Crippen molar-refractivity contribution in [2.75, 3.05) is 33.2 Å². The van der Waals surface area contributed by atoms with Gasteiger partial charge in [0.15, 0.2) is 0 Å². The van der Waals surface area contributed by atoms with E-state index >= 15 is 0 Å². The molecule has 96 valence electrons. The molecule has 0 aromatic heterocycles. The van der Waals surface area contributed by atoms with Crippen molar-refractivity contribution in [1.82, 2.24) is 9.80 Å². The van der Waals surface area contributed by atoms with Crippen LogP contribution in [0.15, 0.2) is 0 Å². The molecule has 3 heteroatoms. The third-order valence-corrected chi connectivity index (χ3v) is 3.98. The first-order chi connectivity index (χ1) is 7.51. The summed E-state index contributed by atoms with van der Waals surface area (Å²) in [5.41, 5.74) is 6.06. The van der Waals surface area contributed by atoms with E-state index in [-0.39, 0.29) is 0 Å². The lowest BCUT2D eigenvalue weighted by Gasteiger charge is -2.38. The summed E-state index contributed by atoms with van der Waals surface area (Å²) in [5.74, 6) is 0. The van der Waals surface area contributed by atoms with Crippen LogP contribution in [-0.2, 0) is 0 Å². The molecule has 1 saturated heterocycles. The van der Waals surface area contributed by atoms with E-state index in [1.807, 2.05) is 0 Å². The molecular weight excluding hydrogens is 198 g/mol. The second kappa shape index (κ2) is 5.99. The minimum Gasteiger partial charge on any atom is -0.330 e. The van der Waals surface area contributed by atoms with Gasteiger partial charge >= 0.3 is 0 Å². The molecule has 1 heterocycles. The Morgan fingerprint density at radius 2 is 2.06 bits per heavy atom. The number of rotatable bonds is 4. The summed E-state index contributed by atoms with van der Waals surface area (Å²) in [4.78, 5) is 5.14. The molecule has 3 nitrogen and oxygen atoms in total. The summed E-state index contributed by atoms with van der Waals surface area (Å²) >= 11 is 0. The Hall–Kier alpha value is -0.120. The molecule has 1 aliphatic rings. The van der Waals surface area contributed by atoms with Gasteiger partial charge in [-0.05, 0) is 59.8 Å². The Morgan fingerprint density at radius 3 is 2.62 bits per heavy atom. The SMILES string of the molecule is CCCN1CC(CCN)N(C)CCC1(C)C. The van der Waals surface area contributed by atoms with Crippen molar-refractivity contribution < 1.29 is 0 Å². The van der Waals surface area contributed by atoms with Crippen molar-refractivity contribution >= 4 is 0 Å². The fraction of sp³-hybridized carbons (Fsp3) is 1.00. The van der Waals surface area contributed by atoms with E-state index in [9.17, 15) is 0 Å². The Balaban J connectivity index is 2.71. The molecule has 1 atom stereocenters. The minimum atomic E-state index is 0.341. The van der Waals surface area contributed by atoms with Gasteiger partial charge < -0.3 is 10.6 Å². The molecule has 0 aromatic carbocycles. The van der Waals surface area contributed by atoms with Crippen LogP contribution >= 0.6 is 0 Å². The highest BCUT2D eigenvalue weighted by Gasteiger charge is 2.32. The Labute approximate surface area is 101 Å². The fourth-order valence-corrected chi connectivity index (χ4v) is 2.60. The second-order valence-electron chi connectivity index (χ2n) is 5.72. The minimum absolute atomic E-state index is 0.341. The van der Waals surface area contributed by atoms with Gasteiger partial charge in [-0.25, -0.2) is 0 Å². The van der Waals surface area contributed by atoms with Gasteiger partial charge in [-0.2, -0.15) is 0 Å². The van der Waals surface area contributed by atoms with Crippen molar-refractivity contribution in [3.8, 4) is 0 Å². The maximum atomic E-state index is 5.71. The summed E-state index contributed by atoms with van der Waals surface area (Å²) < 4.78 is 0. The topological polar surface area (TPSA) is 32.5 Å². The molecule has 0 aromatic rings. The lowest BCUT2D eigenvalue weighted by Crippen LogP contribution is -2.47. The van der Waals surface area contributed by atoms with Crippen LogP contribution in [-0.4, -0.2) is 54.6 Å². The Kier molecular flexibility index (Phi) is 5.22. The van der Waals surface area contributed by atoms with Crippen LogP contribution in [0.1, 0.15) is 40.0 Å². The van der Waals surface area contributed by atoms with E-state index in [0.717, 1.165) is 13.0 Å². The molecule has 0 saturated carbocycles. The van der Waals surface area contributed by atoms with Gasteiger partial charge in [-0.15, -0.1) is 0 Å². The summed E-state index contributed by atoms with van der Waals surface area (Å²) in [6, 6.07) is 0.637. The van der Waals surface area contributed by atoms with Crippen LogP contribution < -0.4 is 5.73 Å². The van der Waals surface area contributed by atoms with E-state index in [2.05, 4.69) is 37.6 Å². The number of nitrogens with zero attached hydrogens (tertiary/aromatic N) is 2. The summed E-state index contributed by atoms with van der Waals surface area (Å²) in [5, 5.41) is 0. The molecule has 16 heavy (non-hydrogen) atoms. The van der Waals surface area contributed by atoms with Crippen molar-refractivity contribution in [2.24, 2.45) is 5.73 Å². The largest absolute Gasteiger partial charge is 0.330 e. The van der Waals surface area contributed by atoms with E-state index in [4.69, 9.17) is 5.73 Å². The zero-order valence-electron chi connectivity index (χ0n) is 11.5. The van der Waals surface area contributed by atoms with E-state index < -0.39 is 0 Å². The highest BCUT2D eigenvalue weighted by molar-refractivity contribution is 4.89. The molecule has 2 N–H and O–H groups in total. The van der Waals surface area contributed by atoms with E-state index in [0.29, 0.717) is 11.6 Å². The standard InChI is InChI=1S/C13H29N3/c1-5-9-16-11-12(6-8-14)15(4)10-7-13(16,2)3/h12H,5-11,14H2,1-4H3. The zero-order chi connectivity index (χ0) is 12.2. The van der Waals surface area contributed by atoms with Gasteiger partial charge in [0.25, 0.3) is 0 Å². The van der Waals surface area contributed by atoms with Crippen LogP contribution in [0.25, 0.3) is 0 Å². The monoisotopic (exact) mass is 227 g/mol. The maximum Gasteiger partial charge on any atom is 0.0232 e. The third kappa shape index (κ3) is 3.44. The molecule has 1 unspecified atom stereocenters. The van der Waals surface area contributed by atoms with Crippen LogP contribution in [0.4, 0.5) is 0 Å². The van der Waals surface area contributed by atoms with Gasteiger partial charge in [-0.1, -0.05) is 6.92 Å². The molecular formula is C13H29N3. The van der Waals surface area contributed by atoms with E-state index in [1.165, 1.54) is 32.5 Å². The molecule has 1 rings (SSSR count). The molecule has 0 spiro atoms. The highest BCUT2D eigenvalue weighted by atomic mass is 15.3. The van der Waals surface area contributed by atoms with Gasteiger partial charge in [0.1, 0.15) is 0 Å². The van der Waals surface area contributed by atoms with Crippen molar-refractivity contribution in [3.05, 3.63) is 0 Å². The number of hydrogen-bond acceptors (Lipinski definition) is 3. The average molecular weight is 227 g/mol. The normalized spacial score (nSPS) is 27.9. The van der Waals surface area contributed by atoms with Crippen molar-refractivity contribution in [2.45, 2.75) is 51.6 Å². The number of likely N-dealkylation sites (N-methyl/N-ethyl adjacent to an activating group) is 1. The van der Waals surface area contributed by atoms with Gasteiger partial charge in [-0.3, -0.25) is 4.90 Å². The van der Waals surface area contributed by atoms with Gasteiger partial charge in [0, 0.05) is 18.1 Å². The molecule has 0 bridgehead atoms. The molecule has 0 amide bonds. The average Bonchev–Trinajstić information content (AvgIpc) is 2.32. The molecule has 0 aliphatic carbocycles. The van der Waals surface area contributed by atoms with E-state index in [1.54, 1.807) is 0 Å². The Bertz CT molecular complexity index is 203. The van der Waals surface area contributed by atoms with Crippen LogP contribution in [0.2, 0.25) is 0 Å². The summed E-state index contributed by atoms with van der Waals surface area (Å²) in [6.07, 6.45) is 3.61. The Morgan fingerprint density at radius 1 is 1.38 bits per heavy atom. The second-order valence-corrected chi connectivity index (χ2v) is 5.72. The predicted octanol–water partition coefficient (Wildman–Crippen LogP) is 1.53. The van der Waals surface area contributed by atoms with Crippen LogP contribution in [0, 0.1) is 0 Å². The predicted molar refractivity (Wildman–Crippen MR) is 70.6 cm³/mol. The maximum absolute atomic E-state index is 5.71. The smallest absolute Gasteiger partial charge is 0.0232 e. The molecule has 1 aliphatic heterocycles. The van der Waals surface area contributed by atoms with Crippen molar-refractivity contribution in [3.63, 3.8) is 0 Å². The fourth-order valence-electron chi connectivity index (χ4n) is 2.60. The quantitative estimate of drug-likeness (QED) is 0.790. The number of hydrogen-bond donors (Lipinski definition) is 1. The first-order valence-electron chi connectivity index (χ1n) is 6.66. The summed E-state index contributed by atoms with van der Waals surface area (Å²) in [6.45, 7) is 11.4. The summed E-state index contributed by atoms with van der Waals surface area (Å²) in [7, 11) is 2.24. The van der Waals surface area contributed by atoms with Crippen molar-refractivity contribution in [1.29, 1.82) is 0 Å². The molecule has 1 fully saturated rings. The lowest BCUT2D eigenvalue weighted by molar-refractivity contribution is 0.113.